The SMILES string of the molecule is COc1cc([C@@H]2C(C(=O)OCC(C)C)=C(C)N=c3s/c(=C\c4ccc(Cl)cc4)c(=O)n32)ccc1OC(C)=O. The number of benzene rings is 2. The van der Waals surface area contributed by atoms with Gasteiger partial charge in [0, 0.05) is 11.9 Å². The fraction of sp³-hybridized carbons (Fsp3) is 0.286. The molecule has 0 amide bonds. The fourth-order valence-corrected chi connectivity index (χ4v) is 5.19. The Morgan fingerprint density at radius 1 is 1.16 bits per heavy atom. The van der Waals surface area contributed by atoms with E-state index in [2.05, 4.69) is 4.99 Å². The van der Waals surface area contributed by atoms with Gasteiger partial charge in [-0.15, -0.1) is 0 Å². The first-order chi connectivity index (χ1) is 18.1. The van der Waals surface area contributed by atoms with E-state index in [0.717, 1.165) is 5.56 Å². The molecule has 0 unspecified atom stereocenters. The van der Waals surface area contributed by atoms with Gasteiger partial charge < -0.3 is 14.2 Å². The summed E-state index contributed by atoms with van der Waals surface area (Å²) in [7, 11) is 1.45. The number of carbonyl (C=O) groups excluding carboxylic acids is 2. The number of nitrogens with zero attached hydrogens (tertiary/aromatic N) is 2. The van der Waals surface area contributed by atoms with Crippen molar-refractivity contribution in [2.45, 2.75) is 33.7 Å². The van der Waals surface area contributed by atoms with Gasteiger partial charge in [0.15, 0.2) is 16.3 Å². The Hall–Kier alpha value is -3.69. The molecule has 4 rings (SSSR count). The van der Waals surface area contributed by atoms with Crippen LogP contribution in [0.1, 0.15) is 44.9 Å². The number of esters is 2. The first-order valence-electron chi connectivity index (χ1n) is 11.9. The van der Waals surface area contributed by atoms with Crippen LogP contribution in [0.25, 0.3) is 6.08 Å². The summed E-state index contributed by atoms with van der Waals surface area (Å²) in [5.41, 5.74) is 1.77. The fourth-order valence-electron chi connectivity index (χ4n) is 4.02. The highest BCUT2D eigenvalue weighted by Crippen LogP contribution is 2.36. The number of halogens is 1. The van der Waals surface area contributed by atoms with Crippen molar-refractivity contribution in [1.29, 1.82) is 0 Å². The molecule has 0 bridgehead atoms. The summed E-state index contributed by atoms with van der Waals surface area (Å²) >= 11 is 7.23. The Labute approximate surface area is 228 Å². The van der Waals surface area contributed by atoms with Crippen LogP contribution >= 0.6 is 22.9 Å². The average Bonchev–Trinajstić information content (AvgIpc) is 3.17. The zero-order chi connectivity index (χ0) is 27.6. The summed E-state index contributed by atoms with van der Waals surface area (Å²) in [5.74, 6) is -0.420. The van der Waals surface area contributed by atoms with Gasteiger partial charge in [-0.1, -0.05) is 55.0 Å². The molecular formula is C28H27ClN2O6S. The molecule has 1 aliphatic rings. The Kier molecular flexibility index (Phi) is 8.18. The topological polar surface area (TPSA) is 96.2 Å². The van der Waals surface area contributed by atoms with Crippen molar-refractivity contribution >= 4 is 41.0 Å². The molecule has 0 radical (unpaired) electrons. The smallest absolute Gasteiger partial charge is 0.338 e. The predicted octanol–water partition coefficient (Wildman–Crippen LogP) is 4.02. The maximum atomic E-state index is 13.8. The Balaban J connectivity index is 1.92. The Morgan fingerprint density at radius 3 is 2.50 bits per heavy atom. The largest absolute Gasteiger partial charge is 0.493 e. The van der Waals surface area contributed by atoms with E-state index in [-0.39, 0.29) is 35.2 Å². The molecule has 2 heterocycles. The lowest BCUT2D eigenvalue weighted by Crippen LogP contribution is -2.40. The lowest BCUT2D eigenvalue weighted by atomic mass is 9.95. The molecule has 1 aromatic heterocycles. The van der Waals surface area contributed by atoms with Gasteiger partial charge in [0.1, 0.15) is 0 Å². The van der Waals surface area contributed by atoms with E-state index in [1.807, 2.05) is 26.0 Å². The second-order valence-corrected chi connectivity index (χ2v) is 10.6. The van der Waals surface area contributed by atoms with Gasteiger partial charge in [0.05, 0.1) is 35.6 Å². The number of hydrogen-bond donors (Lipinski definition) is 0. The van der Waals surface area contributed by atoms with Crippen LogP contribution in [-0.2, 0) is 14.3 Å². The van der Waals surface area contributed by atoms with Gasteiger partial charge in [-0.25, -0.2) is 9.79 Å². The molecule has 0 N–H and O–H groups in total. The van der Waals surface area contributed by atoms with E-state index < -0.39 is 18.0 Å². The molecule has 0 aliphatic carbocycles. The first kappa shape index (κ1) is 27.3. The van der Waals surface area contributed by atoms with Crippen LogP contribution in [-0.4, -0.2) is 30.2 Å². The molecule has 1 atom stereocenters. The van der Waals surface area contributed by atoms with Gasteiger partial charge in [-0.05, 0) is 54.3 Å². The van der Waals surface area contributed by atoms with Crippen LogP contribution < -0.4 is 24.4 Å². The Morgan fingerprint density at radius 2 is 1.87 bits per heavy atom. The molecule has 2 aromatic carbocycles. The third-order valence-corrected chi connectivity index (χ3v) is 6.95. The monoisotopic (exact) mass is 554 g/mol. The van der Waals surface area contributed by atoms with Crippen molar-refractivity contribution < 1.29 is 23.8 Å². The number of fused-ring (bicyclic) bond motifs is 1. The van der Waals surface area contributed by atoms with Gasteiger partial charge in [-0.2, -0.15) is 0 Å². The number of aromatic nitrogens is 1. The summed E-state index contributed by atoms with van der Waals surface area (Å²) in [6.07, 6.45) is 1.76. The zero-order valence-corrected chi connectivity index (χ0v) is 23.2. The number of thiazole rings is 1. The minimum Gasteiger partial charge on any atom is -0.493 e. The van der Waals surface area contributed by atoms with Crippen LogP contribution in [0.5, 0.6) is 11.5 Å². The van der Waals surface area contributed by atoms with Crippen LogP contribution in [0.4, 0.5) is 0 Å². The molecule has 0 saturated carbocycles. The van der Waals surface area contributed by atoms with E-state index in [0.29, 0.717) is 25.6 Å². The third-order valence-electron chi connectivity index (χ3n) is 5.71. The number of methoxy groups -OCH3 is 1. The predicted molar refractivity (Wildman–Crippen MR) is 145 cm³/mol. The number of rotatable bonds is 7. The lowest BCUT2D eigenvalue weighted by molar-refractivity contribution is -0.140. The molecule has 1 aliphatic heterocycles. The summed E-state index contributed by atoms with van der Waals surface area (Å²) in [4.78, 5) is 43.7. The van der Waals surface area contributed by atoms with Crippen molar-refractivity contribution in [2.24, 2.45) is 10.9 Å². The van der Waals surface area contributed by atoms with E-state index in [9.17, 15) is 14.4 Å². The molecule has 3 aromatic rings. The highest BCUT2D eigenvalue weighted by Gasteiger charge is 2.34. The van der Waals surface area contributed by atoms with Gasteiger partial charge in [0.25, 0.3) is 5.56 Å². The second kappa shape index (κ2) is 11.4. The van der Waals surface area contributed by atoms with Gasteiger partial charge >= 0.3 is 11.9 Å². The number of allylic oxidation sites excluding steroid dienone is 1. The summed E-state index contributed by atoms with van der Waals surface area (Å²) in [6.45, 7) is 7.12. The molecule has 10 heteroatoms. The Bertz CT molecular complexity index is 1600. The lowest BCUT2D eigenvalue weighted by Gasteiger charge is -2.25. The number of carbonyl (C=O) groups is 2. The third kappa shape index (κ3) is 5.74. The molecular weight excluding hydrogens is 528 g/mol. The van der Waals surface area contributed by atoms with Crippen molar-refractivity contribution in [2.75, 3.05) is 13.7 Å². The molecule has 0 spiro atoms. The first-order valence-corrected chi connectivity index (χ1v) is 13.1. The quantitative estimate of drug-likeness (QED) is 0.323. The van der Waals surface area contributed by atoms with E-state index >= 15 is 0 Å². The van der Waals surface area contributed by atoms with Crippen molar-refractivity contribution in [3.63, 3.8) is 0 Å². The molecule has 38 heavy (non-hydrogen) atoms. The average molecular weight is 555 g/mol. The second-order valence-electron chi connectivity index (χ2n) is 9.13. The summed E-state index contributed by atoms with van der Waals surface area (Å²) < 4.78 is 18.2. The van der Waals surface area contributed by atoms with Crippen molar-refractivity contribution in [1.82, 2.24) is 4.57 Å². The molecule has 198 valence electrons. The summed E-state index contributed by atoms with van der Waals surface area (Å²) in [5, 5.41) is 0.593. The van der Waals surface area contributed by atoms with Crippen molar-refractivity contribution in [3.8, 4) is 11.5 Å². The highest BCUT2D eigenvalue weighted by atomic mass is 35.5. The van der Waals surface area contributed by atoms with E-state index in [1.54, 1.807) is 43.3 Å². The van der Waals surface area contributed by atoms with Crippen LogP contribution in [0, 0.1) is 5.92 Å². The molecule has 8 nitrogen and oxygen atoms in total. The van der Waals surface area contributed by atoms with E-state index in [4.69, 9.17) is 25.8 Å². The highest BCUT2D eigenvalue weighted by molar-refractivity contribution is 7.07. The van der Waals surface area contributed by atoms with Crippen LogP contribution in [0.2, 0.25) is 5.02 Å². The van der Waals surface area contributed by atoms with Crippen LogP contribution in [0.3, 0.4) is 0 Å². The molecule has 0 saturated heterocycles. The normalized spacial score (nSPS) is 15.2. The van der Waals surface area contributed by atoms with Crippen LogP contribution in [0.15, 0.2) is 63.5 Å². The molecule has 0 fully saturated rings. The maximum absolute atomic E-state index is 13.8. The minimum absolute atomic E-state index is 0.127. The maximum Gasteiger partial charge on any atom is 0.338 e. The standard InChI is InChI=1S/C28H27ClN2O6S/c1-15(2)14-36-27(34)24-16(3)30-28-31(26(33)23(38-28)12-18-6-9-20(29)10-7-18)25(24)19-8-11-21(37-17(4)32)22(13-19)35-5/h6-13,15,25H,14H2,1-5H3/b23-12-/t25-/m1/s1. The van der Waals surface area contributed by atoms with E-state index in [1.165, 1.54) is 29.9 Å². The van der Waals surface area contributed by atoms with Gasteiger partial charge in [-0.3, -0.25) is 14.2 Å². The zero-order valence-electron chi connectivity index (χ0n) is 21.6. The van der Waals surface area contributed by atoms with Crippen molar-refractivity contribution in [3.05, 3.63) is 89.6 Å². The van der Waals surface area contributed by atoms with Gasteiger partial charge in [0.2, 0.25) is 0 Å². The minimum atomic E-state index is -0.835. The number of hydrogen-bond acceptors (Lipinski definition) is 8. The summed E-state index contributed by atoms with van der Waals surface area (Å²) in [6, 6.07) is 11.2. The number of ether oxygens (including phenoxy) is 3.